The van der Waals surface area contributed by atoms with E-state index in [2.05, 4.69) is 0 Å². The van der Waals surface area contributed by atoms with Crippen LogP contribution in [0.1, 0.15) is 43.5 Å². The molecule has 1 heterocycles. The van der Waals surface area contributed by atoms with Crippen molar-refractivity contribution in [3.63, 3.8) is 0 Å². The summed E-state index contributed by atoms with van der Waals surface area (Å²) >= 11 is 1.12. The number of thiophene rings is 1. The maximum atomic E-state index is 13.0. The summed E-state index contributed by atoms with van der Waals surface area (Å²) in [6, 6.07) is 6.06. The zero-order valence-electron chi connectivity index (χ0n) is 11.1. The average Bonchev–Trinajstić information content (AvgIpc) is 2.76. The molecule has 0 radical (unpaired) electrons. The Balaban J connectivity index is 2.03. The summed E-state index contributed by atoms with van der Waals surface area (Å²) in [5, 5.41) is 0.292. The van der Waals surface area contributed by atoms with Gasteiger partial charge in [-0.2, -0.15) is 0 Å². The predicted molar refractivity (Wildman–Crippen MR) is 79.0 cm³/mol. The number of benzene rings is 1. The number of halogens is 1. The third-order valence-corrected chi connectivity index (χ3v) is 4.86. The normalized spacial score (nSPS) is 17.6. The maximum absolute atomic E-state index is 13.0. The van der Waals surface area contributed by atoms with Crippen LogP contribution in [0, 0.1) is 5.82 Å². The summed E-state index contributed by atoms with van der Waals surface area (Å²) in [7, 11) is 0. The zero-order chi connectivity index (χ0) is 15.1. The van der Waals surface area contributed by atoms with Crippen LogP contribution in [0.2, 0.25) is 0 Å². The van der Waals surface area contributed by atoms with Gasteiger partial charge in [-0.1, -0.05) is 12.1 Å². The van der Waals surface area contributed by atoms with Crippen LogP contribution in [-0.2, 0) is 6.42 Å². The molecule has 1 aliphatic rings. The zero-order valence-corrected chi connectivity index (χ0v) is 11.9. The van der Waals surface area contributed by atoms with Crippen LogP contribution >= 0.6 is 11.3 Å². The summed E-state index contributed by atoms with van der Waals surface area (Å²) in [4.78, 5) is 24.3. The topological polar surface area (TPSA) is 86.2 Å². The molecule has 4 nitrogen and oxygen atoms in total. The van der Waals surface area contributed by atoms with E-state index in [0.29, 0.717) is 28.3 Å². The Hall–Kier alpha value is -2.21. The van der Waals surface area contributed by atoms with Crippen LogP contribution in [0.15, 0.2) is 24.3 Å². The van der Waals surface area contributed by atoms with Gasteiger partial charge in [-0.25, -0.2) is 4.39 Å². The molecule has 4 N–H and O–H groups in total. The third kappa shape index (κ3) is 2.31. The number of carbonyl (C=O) groups is 2. The molecule has 0 aliphatic heterocycles. The van der Waals surface area contributed by atoms with E-state index >= 15 is 0 Å². The Morgan fingerprint density at radius 3 is 2.52 bits per heavy atom. The molecule has 1 atom stereocenters. The number of amides is 1. The van der Waals surface area contributed by atoms with Crippen molar-refractivity contribution in [2.24, 2.45) is 5.73 Å². The highest BCUT2D eigenvalue weighted by Crippen LogP contribution is 2.40. The molecule has 0 saturated carbocycles. The molecule has 3 rings (SSSR count). The van der Waals surface area contributed by atoms with Crippen molar-refractivity contribution in [3.8, 4) is 0 Å². The molecule has 0 spiro atoms. The fraction of sp³-hybridized carbons (Fsp3) is 0.200. The SMILES string of the molecule is NC(=O)c1c(N)sc2c1CC(c1ccc(F)cc1)CC2=O. The van der Waals surface area contributed by atoms with Crippen molar-refractivity contribution in [2.45, 2.75) is 18.8 Å². The van der Waals surface area contributed by atoms with Crippen LogP contribution in [0.25, 0.3) is 0 Å². The van der Waals surface area contributed by atoms with Crippen molar-refractivity contribution in [1.29, 1.82) is 0 Å². The fourth-order valence-corrected chi connectivity index (χ4v) is 3.83. The second-order valence-electron chi connectivity index (χ2n) is 5.09. The van der Waals surface area contributed by atoms with Gasteiger partial charge in [0, 0.05) is 6.42 Å². The Morgan fingerprint density at radius 1 is 1.24 bits per heavy atom. The highest BCUT2D eigenvalue weighted by molar-refractivity contribution is 7.18. The van der Waals surface area contributed by atoms with E-state index in [4.69, 9.17) is 11.5 Å². The van der Waals surface area contributed by atoms with Crippen molar-refractivity contribution in [3.05, 3.63) is 51.7 Å². The molecule has 2 aromatic rings. The minimum atomic E-state index is -0.613. The van der Waals surface area contributed by atoms with Gasteiger partial charge in [0.15, 0.2) is 5.78 Å². The lowest BCUT2D eigenvalue weighted by atomic mass is 9.81. The summed E-state index contributed by atoms with van der Waals surface area (Å²) in [6.07, 6.45) is 0.843. The van der Waals surface area contributed by atoms with Crippen LogP contribution in [-0.4, -0.2) is 11.7 Å². The van der Waals surface area contributed by atoms with Gasteiger partial charge in [0.1, 0.15) is 5.82 Å². The Kier molecular flexibility index (Phi) is 3.25. The lowest BCUT2D eigenvalue weighted by molar-refractivity contribution is 0.0968. The van der Waals surface area contributed by atoms with Gasteiger partial charge in [-0.05, 0) is 35.6 Å². The monoisotopic (exact) mass is 304 g/mol. The average molecular weight is 304 g/mol. The molecule has 0 fully saturated rings. The number of rotatable bonds is 2. The molecule has 1 aromatic carbocycles. The second-order valence-corrected chi connectivity index (χ2v) is 6.15. The van der Waals surface area contributed by atoms with Crippen LogP contribution < -0.4 is 11.5 Å². The molecule has 1 amide bonds. The smallest absolute Gasteiger partial charge is 0.251 e. The number of ketones is 1. The number of primary amides is 1. The molecule has 21 heavy (non-hydrogen) atoms. The first-order chi connectivity index (χ1) is 9.97. The number of fused-ring (bicyclic) bond motifs is 1. The third-order valence-electron chi connectivity index (χ3n) is 3.76. The first-order valence-corrected chi connectivity index (χ1v) is 7.28. The van der Waals surface area contributed by atoms with E-state index in [0.717, 1.165) is 16.9 Å². The minimum absolute atomic E-state index is 0.0465. The van der Waals surface area contributed by atoms with E-state index in [1.807, 2.05) is 0 Å². The predicted octanol–water partition coefficient (Wildman–Crippen LogP) is 2.48. The van der Waals surface area contributed by atoms with Crippen LogP contribution in [0.3, 0.4) is 0 Å². The van der Waals surface area contributed by atoms with E-state index < -0.39 is 5.91 Å². The summed E-state index contributed by atoms with van der Waals surface area (Å²) < 4.78 is 13.0. The standard InChI is InChI=1S/C15H13FN2O2S/c16-9-3-1-7(2-4-9)8-5-10-12(14(17)20)15(18)21-13(10)11(19)6-8/h1-4,8H,5-6,18H2,(H2,17,20). The lowest BCUT2D eigenvalue weighted by Crippen LogP contribution is -2.21. The molecule has 1 aromatic heterocycles. The number of Topliss-reactive ketones (excluding diaryl/α,β-unsaturated/α-hetero) is 1. The molecular weight excluding hydrogens is 291 g/mol. The Labute approximate surface area is 124 Å². The van der Waals surface area contributed by atoms with E-state index in [9.17, 15) is 14.0 Å². The van der Waals surface area contributed by atoms with Gasteiger partial charge in [0.2, 0.25) is 0 Å². The number of carbonyl (C=O) groups excluding carboxylic acids is 2. The first-order valence-electron chi connectivity index (χ1n) is 6.47. The number of nitrogens with two attached hydrogens (primary N) is 2. The summed E-state index contributed by atoms with van der Waals surface area (Å²) in [6.45, 7) is 0. The van der Waals surface area contributed by atoms with Gasteiger partial charge in [0.05, 0.1) is 15.4 Å². The lowest BCUT2D eigenvalue weighted by Gasteiger charge is -2.22. The van der Waals surface area contributed by atoms with Gasteiger partial charge >= 0.3 is 0 Å². The van der Waals surface area contributed by atoms with Crippen molar-refractivity contribution in [1.82, 2.24) is 0 Å². The minimum Gasteiger partial charge on any atom is -0.390 e. The quantitative estimate of drug-likeness (QED) is 0.893. The summed E-state index contributed by atoms with van der Waals surface area (Å²) in [5.41, 5.74) is 12.9. The number of anilines is 1. The van der Waals surface area contributed by atoms with Gasteiger partial charge in [-0.15, -0.1) is 11.3 Å². The fourth-order valence-electron chi connectivity index (χ4n) is 2.78. The second kappa shape index (κ2) is 4.96. The van der Waals surface area contributed by atoms with Crippen molar-refractivity contribution < 1.29 is 14.0 Å². The largest absolute Gasteiger partial charge is 0.390 e. The summed E-state index contributed by atoms with van der Waals surface area (Å²) in [5.74, 6) is -1.07. The molecule has 108 valence electrons. The van der Waals surface area contributed by atoms with E-state index in [1.54, 1.807) is 12.1 Å². The van der Waals surface area contributed by atoms with Crippen molar-refractivity contribution >= 4 is 28.0 Å². The van der Waals surface area contributed by atoms with E-state index in [-0.39, 0.29) is 23.1 Å². The molecule has 1 unspecified atom stereocenters. The highest BCUT2D eigenvalue weighted by Gasteiger charge is 2.32. The van der Waals surface area contributed by atoms with Gasteiger partial charge in [0.25, 0.3) is 5.91 Å². The molecule has 0 saturated heterocycles. The number of nitrogen functional groups attached to an aromatic ring is 1. The van der Waals surface area contributed by atoms with E-state index in [1.165, 1.54) is 12.1 Å². The molecular formula is C15H13FN2O2S. The molecule has 1 aliphatic carbocycles. The maximum Gasteiger partial charge on any atom is 0.251 e. The van der Waals surface area contributed by atoms with Crippen LogP contribution in [0.4, 0.5) is 9.39 Å². The van der Waals surface area contributed by atoms with Crippen molar-refractivity contribution in [2.75, 3.05) is 5.73 Å². The van der Waals surface area contributed by atoms with Gasteiger partial charge < -0.3 is 11.5 Å². The number of hydrogen-bond acceptors (Lipinski definition) is 4. The first kappa shape index (κ1) is 13.8. The Morgan fingerprint density at radius 2 is 1.90 bits per heavy atom. The molecule has 0 bridgehead atoms. The highest BCUT2D eigenvalue weighted by atomic mass is 32.1. The Bertz CT molecular complexity index is 737. The molecule has 6 heteroatoms. The van der Waals surface area contributed by atoms with Gasteiger partial charge in [-0.3, -0.25) is 9.59 Å². The van der Waals surface area contributed by atoms with Crippen LogP contribution in [0.5, 0.6) is 0 Å². The number of hydrogen-bond donors (Lipinski definition) is 2.